The summed E-state index contributed by atoms with van der Waals surface area (Å²) in [5.41, 5.74) is 2.79. The molecule has 1 aromatic rings. The van der Waals surface area contributed by atoms with E-state index < -0.39 is 0 Å². The highest BCUT2D eigenvalue weighted by molar-refractivity contribution is 5.85. The maximum absolute atomic E-state index is 12.7. The fraction of sp³-hybridized carbons (Fsp3) is 0.579. The van der Waals surface area contributed by atoms with Crippen molar-refractivity contribution < 1.29 is 14.3 Å². The molecule has 1 unspecified atom stereocenters. The molecule has 1 saturated heterocycles. The molecule has 0 spiro atoms. The second-order valence-electron chi connectivity index (χ2n) is 6.58. The molecule has 4 nitrogen and oxygen atoms in total. The first-order valence-electron chi connectivity index (χ1n) is 8.72. The monoisotopic (exact) mass is 315 g/mol. The lowest BCUT2D eigenvalue weighted by atomic mass is 9.82. The number of carbonyl (C=O) groups is 2. The van der Waals surface area contributed by atoms with Crippen LogP contribution in [0.4, 0.5) is 0 Å². The van der Waals surface area contributed by atoms with Crippen molar-refractivity contribution in [3.05, 3.63) is 35.4 Å². The van der Waals surface area contributed by atoms with Gasteiger partial charge < -0.3 is 9.64 Å². The van der Waals surface area contributed by atoms with Crippen LogP contribution in [-0.4, -0.2) is 36.0 Å². The van der Waals surface area contributed by atoms with E-state index >= 15 is 0 Å². The molecule has 4 heteroatoms. The van der Waals surface area contributed by atoms with E-state index in [1.165, 1.54) is 11.1 Å². The zero-order valence-corrected chi connectivity index (χ0v) is 13.8. The van der Waals surface area contributed by atoms with Crippen LogP contribution in [0.5, 0.6) is 0 Å². The average molecular weight is 315 g/mol. The van der Waals surface area contributed by atoms with E-state index in [0.717, 1.165) is 32.1 Å². The van der Waals surface area contributed by atoms with Gasteiger partial charge >= 0.3 is 5.97 Å². The largest absolute Gasteiger partial charge is 0.464 e. The zero-order valence-electron chi connectivity index (χ0n) is 13.8. The highest BCUT2D eigenvalue weighted by atomic mass is 16.5. The summed E-state index contributed by atoms with van der Waals surface area (Å²) in [6, 6.07) is 8.14. The minimum Gasteiger partial charge on any atom is -0.464 e. The summed E-state index contributed by atoms with van der Waals surface area (Å²) in [5.74, 6) is 0.262. The molecule has 1 fully saturated rings. The smallest absolute Gasteiger partial charge is 0.328 e. The second kappa shape index (κ2) is 7.16. The van der Waals surface area contributed by atoms with Crippen molar-refractivity contribution in [3.63, 3.8) is 0 Å². The number of amides is 1. The molecule has 0 bridgehead atoms. The summed E-state index contributed by atoms with van der Waals surface area (Å²) in [7, 11) is 0. The van der Waals surface area contributed by atoms with Gasteiger partial charge in [0.15, 0.2) is 0 Å². The molecule has 0 radical (unpaired) electrons. The van der Waals surface area contributed by atoms with Crippen LogP contribution < -0.4 is 0 Å². The number of hydrogen-bond acceptors (Lipinski definition) is 3. The SMILES string of the molecule is CCOC(=O)[C@@H]1CCCN1C(=O)CC1CCc2ccccc2C1. The lowest BCUT2D eigenvalue weighted by molar-refractivity contribution is -0.153. The van der Waals surface area contributed by atoms with Gasteiger partial charge in [-0.25, -0.2) is 4.79 Å². The van der Waals surface area contributed by atoms with E-state index in [4.69, 9.17) is 4.74 Å². The van der Waals surface area contributed by atoms with Gasteiger partial charge in [-0.05, 0) is 56.1 Å². The van der Waals surface area contributed by atoms with Crippen molar-refractivity contribution in [1.82, 2.24) is 4.90 Å². The van der Waals surface area contributed by atoms with Gasteiger partial charge in [-0.15, -0.1) is 0 Å². The Morgan fingerprint density at radius 2 is 2.00 bits per heavy atom. The van der Waals surface area contributed by atoms with E-state index in [-0.39, 0.29) is 17.9 Å². The predicted octanol–water partition coefficient (Wildman–Crippen LogP) is 2.74. The number of aryl methyl sites for hydroxylation is 1. The Morgan fingerprint density at radius 1 is 1.22 bits per heavy atom. The number of hydrogen-bond donors (Lipinski definition) is 0. The molecule has 2 aliphatic rings. The third-order valence-corrected chi connectivity index (χ3v) is 5.04. The molecule has 0 aromatic heterocycles. The standard InChI is InChI=1S/C19H25NO3/c1-2-23-19(22)17-8-5-11-20(17)18(21)13-14-9-10-15-6-3-4-7-16(15)12-14/h3-4,6-7,14,17H,2,5,8-13H2,1H3/t14?,17-/m0/s1. The summed E-state index contributed by atoms with van der Waals surface area (Å²) in [4.78, 5) is 26.4. The van der Waals surface area contributed by atoms with Crippen molar-refractivity contribution in [2.45, 2.75) is 51.5 Å². The number of esters is 1. The van der Waals surface area contributed by atoms with E-state index in [1.807, 2.05) is 0 Å². The summed E-state index contributed by atoms with van der Waals surface area (Å²) in [5, 5.41) is 0. The highest BCUT2D eigenvalue weighted by Crippen LogP contribution is 2.29. The van der Waals surface area contributed by atoms with E-state index in [2.05, 4.69) is 24.3 Å². The van der Waals surface area contributed by atoms with Crippen molar-refractivity contribution in [3.8, 4) is 0 Å². The van der Waals surface area contributed by atoms with Crippen LogP contribution in [0, 0.1) is 5.92 Å². The maximum atomic E-state index is 12.7. The Bertz CT molecular complexity index is 584. The first-order chi connectivity index (χ1) is 11.2. The quantitative estimate of drug-likeness (QED) is 0.803. The molecule has 0 N–H and O–H groups in total. The Kier molecular flexibility index (Phi) is 4.99. The van der Waals surface area contributed by atoms with Gasteiger partial charge in [-0.1, -0.05) is 24.3 Å². The third kappa shape index (κ3) is 3.57. The fourth-order valence-electron chi connectivity index (χ4n) is 3.86. The minimum atomic E-state index is -0.363. The Balaban J connectivity index is 1.60. The normalized spacial score (nSPS) is 23.4. The average Bonchev–Trinajstić information content (AvgIpc) is 3.05. The summed E-state index contributed by atoms with van der Waals surface area (Å²) >= 11 is 0. The van der Waals surface area contributed by atoms with Crippen molar-refractivity contribution >= 4 is 11.9 Å². The van der Waals surface area contributed by atoms with E-state index in [1.54, 1.807) is 11.8 Å². The van der Waals surface area contributed by atoms with Crippen LogP contribution in [-0.2, 0) is 27.2 Å². The summed E-state index contributed by atoms with van der Waals surface area (Å²) < 4.78 is 5.11. The fourth-order valence-corrected chi connectivity index (χ4v) is 3.86. The number of fused-ring (bicyclic) bond motifs is 1. The molecule has 1 amide bonds. The molecular weight excluding hydrogens is 290 g/mol. The van der Waals surface area contributed by atoms with Gasteiger partial charge in [0, 0.05) is 13.0 Å². The Hall–Kier alpha value is -1.84. The van der Waals surface area contributed by atoms with Crippen LogP contribution in [0.2, 0.25) is 0 Å². The second-order valence-corrected chi connectivity index (χ2v) is 6.58. The van der Waals surface area contributed by atoms with Gasteiger partial charge in [-0.2, -0.15) is 0 Å². The van der Waals surface area contributed by atoms with Gasteiger partial charge in [-0.3, -0.25) is 4.79 Å². The van der Waals surface area contributed by atoms with Crippen molar-refractivity contribution in [2.24, 2.45) is 5.92 Å². The van der Waals surface area contributed by atoms with E-state index in [0.29, 0.717) is 25.5 Å². The molecule has 3 rings (SSSR count). The van der Waals surface area contributed by atoms with Crippen LogP contribution in [0.1, 0.15) is 43.7 Å². The van der Waals surface area contributed by atoms with Crippen molar-refractivity contribution in [2.75, 3.05) is 13.2 Å². The first-order valence-corrected chi connectivity index (χ1v) is 8.72. The van der Waals surface area contributed by atoms with Gasteiger partial charge in [0.25, 0.3) is 0 Å². The van der Waals surface area contributed by atoms with Gasteiger partial charge in [0.1, 0.15) is 6.04 Å². The van der Waals surface area contributed by atoms with Crippen LogP contribution >= 0.6 is 0 Å². The number of ether oxygens (including phenoxy) is 1. The molecule has 1 aliphatic carbocycles. The minimum absolute atomic E-state index is 0.116. The highest BCUT2D eigenvalue weighted by Gasteiger charge is 2.36. The Morgan fingerprint density at radius 3 is 2.78 bits per heavy atom. The summed E-state index contributed by atoms with van der Waals surface area (Å²) in [6.07, 6.45) is 5.25. The maximum Gasteiger partial charge on any atom is 0.328 e. The molecule has 124 valence electrons. The number of likely N-dealkylation sites (tertiary alicyclic amines) is 1. The van der Waals surface area contributed by atoms with Crippen LogP contribution in [0.15, 0.2) is 24.3 Å². The molecular formula is C19H25NO3. The lowest BCUT2D eigenvalue weighted by Crippen LogP contribution is -2.42. The number of rotatable bonds is 4. The molecule has 0 saturated carbocycles. The molecule has 1 aliphatic heterocycles. The molecule has 2 atom stereocenters. The lowest BCUT2D eigenvalue weighted by Gasteiger charge is -2.28. The number of nitrogens with zero attached hydrogens (tertiary/aromatic N) is 1. The van der Waals surface area contributed by atoms with Crippen LogP contribution in [0.3, 0.4) is 0 Å². The first kappa shape index (κ1) is 16.0. The number of carbonyl (C=O) groups excluding carboxylic acids is 2. The van der Waals surface area contributed by atoms with Crippen LogP contribution in [0.25, 0.3) is 0 Å². The molecule has 1 aromatic carbocycles. The number of benzene rings is 1. The molecule has 1 heterocycles. The summed E-state index contributed by atoms with van der Waals surface area (Å²) in [6.45, 7) is 2.86. The third-order valence-electron chi connectivity index (χ3n) is 5.04. The van der Waals surface area contributed by atoms with E-state index in [9.17, 15) is 9.59 Å². The topological polar surface area (TPSA) is 46.6 Å². The van der Waals surface area contributed by atoms with Gasteiger partial charge in [0.2, 0.25) is 5.91 Å². The Labute approximate surface area is 137 Å². The van der Waals surface area contributed by atoms with Gasteiger partial charge in [0.05, 0.1) is 6.61 Å². The molecule has 23 heavy (non-hydrogen) atoms. The van der Waals surface area contributed by atoms with Crippen molar-refractivity contribution in [1.29, 1.82) is 0 Å². The predicted molar refractivity (Wildman–Crippen MR) is 87.9 cm³/mol. The zero-order chi connectivity index (χ0) is 16.2.